The summed E-state index contributed by atoms with van der Waals surface area (Å²) in [6.07, 6.45) is 0.375. The largest absolute Gasteiger partial charge is 0.376 e. The zero-order valence-corrected chi connectivity index (χ0v) is 8.55. The van der Waals surface area contributed by atoms with Crippen LogP contribution in [0.25, 0.3) is 0 Å². The molecular weight excluding hydrogens is 138 g/mol. The molecule has 0 rings (SSSR count). The Morgan fingerprint density at radius 3 is 2.00 bits per heavy atom. The molecule has 0 saturated carbocycles. The lowest BCUT2D eigenvalue weighted by Gasteiger charge is -2.34. The van der Waals surface area contributed by atoms with E-state index in [-0.39, 0.29) is 0 Å². The third-order valence-electron chi connectivity index (χ3n) is 2.63. The van der Waals surface area contributed by atoms with Crippen molar-refractivity contribution in [2.45, 2.75) is 26.9 Å². The molecule has 0 heterocycles. The summed E-state index contributed by atoms with van der Waals surface area (Å²) >= 11 is 0. The van der Waals surface area contributed by atoms with E-state index in [0.717, 1.165) is 11.0 Å². The normalized spacial score (nSPS) is 15.0. The van der Waals surface area contributed by atoms with Crippen molar-refractivity contribution in [3.05, 3.63) is 0 Å². The molecular formula is C9H22NO+. The first kappa shape index (κ1) is 10.9. The minimum absolute atomic E-state index is 0.375. The third kappa shape index (κ3) is 3.73. The molecule has 0 aromatic carbocycles. The van der Waals surface area contributed by atoms with Crippen molar-refractivity contribution in [2.24, 2.45) is 0 Å². The summed E-state index contributed by atoms with van der Waals surface area (Å²) in [6, 6.07) is 0. The van der Waals surface area contributed by atoms with Crippen molar-refractivity contribution in [3.63, 3.8) is 0 Å². The van der Waals surface area contributed by atoms with Gasteiger partial charge in [0, 0.05) is 7.11 Å². The van der Waals surface area contributed by atoms with Crippen molar-refractivity contribution in [3.8, 4) is 0 Å². The molecule has 0 aromatic rings. The van der Waals surface area contributed by atoms with Crippen LogP contribution >= 0.6 is 0 Å². The lowest BCUT2D eigenvalue weighted by Crippen LogP contribution is -2.48. The molecule has 0 aliphatic carbocycles. The summed E-state index contributed by atoms with van der Waals surface area (Å²) in [5.41, 5.74) is 0. The molecule has 1 unspecified atom stereocenters. The Kier molecular flexibility index (Phi) is 4.69. The molecule has 2 heteroatoms. The van der Waals surface area contributed by atoms with Gasteiger partial charge in [0.05, 0.1) is 20.1 Å². The van der Waals surface area contributed by atoms with E-state index in [2.05, 4.69) is 27.8 Å². The smallest absolute Gasteiger partial charge is 0.105 e. The fraction of sp³-hybridized carbons (Fsp3) is 1.00. The molecule has 0 amide bonds. The van der Waals surface area contributed by atoms with Crippen molar-refractivity contribution in [2.75, 3.05) is 33.8 Å². The molecule has 2 nitrogen and oxygen atoms in total. The third-order valence-corrected chi connectivity index (χ3v) is 2.63. The minimum atomic E-state index is 0.375. The maximum atomic E-state index is 5.23. The van der Waals surface area contributed by atoms with Gasteiger partial charge in [-0.05, 0) is 20.8 Å². The highest BCUT2D eigenvalue weighted by atomic mass is 16.5. The Balaban J connectivity index is 3.86. The van der Waals surface area contributed by atoms with E-state index in [1.165, 1.54) is 13.1 Å². The average Bonchev–Trinajstić information content (AvgIpc) is 2.04. The van der Waals surface area contributed by atoms with E-state index in [1.807, 2.05) is 0 Å². The molecule has 0 fully saturated rings. The van der Waals surface area contributed by atoms with E-state index in [0.29, 0.717) is 6.10 Å². The number of quaternary nitrogens is 1. The molecule has 68 valence electrons. The molecule has 0 aliphatic heterocycles. The Morgan fingerprint density at radius 2 is 1.73 bits per heavy atom. The first-order valence-corrected chi connectivity index (χ1v) is 4.44. The highest BCUT2D eigenvalue weighted by Crippen LogP contribution is 2.04. The van der Waals surface area contributed by atoms with Crippen LogP contribution < -0.4 is 0 Å². The van der Waals surface area contributed by atoms with Crippen LogP contribution in [0, 0.1) is 0 Å². The molecule has 0 spiro atoms. The van der Waals surface area contributed by atoms with Gasteiger partial charge < -0.3 is 9.22 Å². The quantitative estimate of drug-likeness (QED) is 0.554. The second-order valence-electron chi connectivity index (χ2n) is 3.48. The zero-order chi connectivity index (χ0) is 8.91. The summed E-state index contributed by atoms with van der Waals surface area (Å²) in [4.78, 5) is 0. The molecule has 1 atom stereocenters. The average molecular weight is 160 g/mol. The van der Waals surface area contributed by atoms with Gasteiger partial charge in [-0.3, -0.25) is 0 Å². The van der Waals surface area contributed by atoms with Crippen LogP contribution in [0.3, 0.4) is 0 Å². The molecule has 0 N–H and O–H groups in total. The number of likely N-dealkylation sites (N-methyl/N-ethyl adjacent to an activating group) is 1. The van der Waals surface area contributed by atoms with E-state index < -0.39 is 0 Å². The molecule has 0 radical (unpaired) electrons. The number of ether oxygens (including phenoxy) is 1. The van der Waals surface area contributed by atoms with E-state index in [4.69, 9.17) is 4.74 Å². The minimum Gasteiger partial charge on any atom is -0.376 e. The highest BCUT2D eigenvalue weighted by molar-refractivity contribution is 4.46. The van der Waals surface area contributed by atoms with Crippen LogP contribution in [-0.2, 0) is 4.74 Å². The van der Waals surface area contributed by atoms with Crippen molar-refractivity contribution >= 4 is 0 Å². The zero-order valence-electron chi connectivity index (χ0n) is 8.55. The van der Waals surface area contributed by atoms with Crippen LogP contribution in [0.5, 0.6) is 0 Å². The van der Waals surface area contributed by atoms with Gasteiger partial charge in [0.15, 0.2) is 0 Å². The lowest BCUT2D eigenvalue weighted by molar-refractivity contribution is -0.908. The van der Waals surface area contributed by atoms with Gasteiger partial charge in [0.1, 0.15) is 12.6 Å². The standard InChI is InChI=1S/C9H22NO/c1-6-10(4,7-2)8-9(3)11-5/h9H,6-8H2,1-5H3/q+1. The number of methoxy groups -OCH3 is 1. The van der Waals surface area contributed by atoms with Crippen molar-refractivity contribution in [1.82, 2.24) is 0 Å². The van der Waals surface area contributed by atoms with Gasteiger partial charge in [-0.2, -0.15) is 0 Å². The first-order chi connectivity index (χ1) is 5.08. The molecule has 0 bridgehead atoms. The second-order valence-corrected chi connectivity index (χ2v) is 3.48. The van der Waals surface area contributed by atoms with Crippen LogP contribution in [0.1, 0.15) is 20.8 Å². The first-order valence-electron chi connectivity index (χ1n) is 4.44. The monoisotopic (exact) mass is 160 g/mol. The number of nitrogens with zero attached hydrogens (tertiary/aromatic N) is 1. The molecule has 11 heavy (non-hydrogen) atoms. The van der Waals surface area contributed by atoms with Crippen LogP contribution in [0.2, 0.25) is 0 Å². The van der Waals surface area contributed by atoms with E-state index >= 15 is 0 Å². The number of rotatable bonds is 5. The van der Waals surface area contributed by atoms with Crippen LogP contribution in [0.15, 0.2) is 0 Å². The fourth-order valence-electron chi connectivity index (χ4n) is 1.18. The summed E-state index contributed by atoms with van der Waals surface area (Å²) in [5, 5.41) is 0. The fourth-order valence-corrected chi connectivity index (χ4v) is 1.18. The van der Waals surface area contributed by atoms with Gasteiger partial charge in [0.25, 0.3) is 0 Å². The SMILES string of the molecule is CC[N+](C)(CC)CC(C)OC. The van der Waals surface area contributed by atoms with Gasteiger partial charge in [-0.25, -0.2) is 0 Å². The maximum absolute atomic E-state index is 5.23. The summed E-state index contributed by atoms with van der Waals surface area (Å²) in [7, 11) is 4.05. The predicted octanol–water partition coefficient (Wildman–Crippen LogP) is 1.51. The Labute approximate surface area is 70.7 Å². The van der Waals surface area contributed by atoms with Gasteiger partial charge in [0.2, 0.25) is 0 Å². The summed E-state index contributed by atoms with van der Waals surface area (Å²) in [6.45, 7) is 10.1. The molecule has 0 aliphatic rings. The van der Waals surface area contributed by atoms with Crippen molar-refractivity contribution in [1.29, 1.82) is 0 Å². The Bertz CT molecular complexity index is 99.7. The van der Waals surface area contributed by atoms with Crippen molar-refractivity contribution < 1.29 is 9.22 Å². The second kappa shape index (κ2) is 4.73. The molecule has 0 aromatic heterocycles. The van der Waals surface area contributed by atoms with Gasteiger partial charge in [-0.1, -0.05) is 0 Å². The highest BCUT2D eigenvalue weighted by Gasteiger charge is 2.19. The van der Waals surface area contributed by atoms with Gasteiger partial charge >= 0.3 is 0 Å². The predicted molar refractivity (Wildman–Crippen MR) is 48.6 cm³/mol. The van der Waals surface area contributed by atoms with Crippen LogP contribution in [-0.4, -0.2) is 44.4 Å². The number of hydrogen-bond donors (Lipinski definition) is 0. The van der Waals surface area contributed by atoms with E-state index in [9.17, 15) is 0 Å². The molecule has 0 saturated heterocycles. The summed E-state index contributed by atoms with van der Waals surface area (Å²) < 4.78 is 6.34. The maximum Gasteiger partial charge on any atom is 0.105 e. The van der Waals surface area contributed by atoms with E-state index in [1.54, 1.807) is 7.11 Å². The Morgan fingerprint density at radius 1 is 1.27 bits per heavy atom. The topological polar surface area (TPSA) is 9.23 Å². The Hall–Kier alpha value is -0.0800. The lowest BCUT2D eigenvalue weighted by atomic mass is 10.3. The van der Waals surface area contributed by atoms with Crippen LogP contribution in [0.4, 0.5) is 0 Å². The summed E-state index contributed by atoms with van der Waals surface area (Å²) in [5.74, 6) is 0. The number of hydrogen-bond acceptors (Lipinski definition) is 1. The van der Waals surface area contributed by atoms with Gasteiger partial charge in [-0.15, -0.1) is 0 Å².